The highest BCUT2D eigenvalue weighted by molar-refractivity contribution is 8.01. The molecule has 0 radical (unpaired) electrons. The number of thiazole rings is 1. The molecule has 1 fully saturated rings. The van der Waals surface area contributed by atoms with Crippen molar-refractivity contribution in [3.05, 3.63) is 185 Å². The summed E-state index contributed by atoms with van der Waals surface area (Å²) in [4.78, 5) is 18.7. The Hall–Kier alpha value is -5.18. The van der Waals surface area contributed by atoms with Gasteiger partial charge in [-0.25, -0.2) is 13.4 Å². The van der Waals surface area contributed by atoms with Crippen LogP contribution in [0.1, 0.15) is 52.2 Å². The number of aliphatic hydroxyl groups is 1. The maximum atomic E-state index is 13.7. The second kappa shape index (κ2) is 19.0. The van der Waals surface area contributed by atoms with Crippen LogP contribution in [0.2, 0.25) is 0 Å². The smallest absolute Gasteiger partial charge is 0.241 e. The van der Waals surface area contributed by atoms with Gasteiger partial charge in [0, 0.05) is 24.3 Å². The zero-order valence-electron chi connectivity index (χ0n) is 32.9. The summed E-state index contributed by atoms with van der Waals surface area (Å²) in [6, 6.07) is 47.0. The molecule has 9 nitrogen and oxygen atoms in total. The number of amides is 1. The highest BCUT2D eigenvalue weighted by atomic mass is 32.2. The van der Waals surface area contributed by atoms with E-state index in [1.54, 1.807) is 47.4 Å². The molecule has 0 saturated carbocycles. The monoisotopic (exact) mass is 855 g/mol. The van der Waals surface area contributed by atoms with E-state index >= 15 is 0 Å². The lowest BCUT2D eigenvalue weighted by atomic mass is 9.99. The summed E-state index contributed by atoms with van der Waals surface area (Å²) in [6.07, 6.45) is -0.118. The molecule has 60 heavy (non-hydrogen) atoms. The Morgan fingerprint density at radius 2 is 1.52 bits per heavy atom. The van der Waals surface area contributed by atoms with E-state index in [2.05, 4.69) is 22.2 Å². The molecule has 1 amide bonds. The van der Waals surface area contributed by atoms with Crippen LogP contribution >= 0.6 is 23.1 Å². The molecule has 0 spiro atoms. The number of fused-ring (bicyclic) bond motifs is 1. The van der Waals surface area contributed by atoms with Crippen molar-refractivity contribution in [1.29, 1.82) is 0 Å². The number of carbonyl (C=O) groups excluding carboxylic acids is 1. The summed E-state index contributed by atoms with van der Waals surface area (Å²) in [6.45, 7) is 2.06. The summed E-state index contributed by atoms with van der Waals surface area (Å²) in [7, 11) is -3.97. The van der Waals surface area contributed by atoms with Crippen LogP contribution in [0.15, 0.2) is 161 Å². The van der Waals surface area contributed by atoms with E-state index in [0.29, 0.717) is 12.2 Å². The molecular formula is C48H45N3O6S3. The number of rotatable bonds is 15. The summed E-state index contributed by atoms with van der Waals surface area (Å²) < 4.78 is 45.0. The summed E-state index contributed by atoms with van der Waals surface area (Å²) >= 11 is 3.38. The first kappa shape index (κ1) is 41.5. The van der Waals surface area contributed by atoms with Crippen molar-refractivity contribution in [2.24, 2.45) is 0 Å². The van der Waals surface area contributed by atoms with Gasteiger partial charge in [-0.2, -0.15) is 4.72 Å². The number of nitrogens with zero attached hydrogens (tertiary/aromatic N) is 1. The molecule has 306 valence electrons. The standard InChI is InChI=1S/C48H45N3O6S3/c1-32-17-23-41(24-18-32)60(54,55)51-43(26-33-9-3-2-4-10-33)46(53)49-29-35-11-7-12-37(25-35)38-13-8-14-39(27-38)47-56-40(28-44(57-47)36-21-19-34(30-52)20-22-36)31-58-48-50-42-15-5-6-16-45(42)59-48/h2-25,27,40,43-44,47,51-52H,26,28-31H2,1H3,(H,49,53)/t40-,43-,44+,47+/m1/s1. The number of sulfonamides is 1. The first-order chi connectivity index (χ1) is 29.2. The molecule has 2 heterocycles. The highest BCUT2D eigenvalue weighted by Gasteiger charge is 2.33. The predicted molar refractivity (Wildman–Crippen MR) is 238 cm³/mol. The number of nitrogens with one attached hydrogen (secondary N) is 2. The van der Waals surface area contributed by atoms with Gasteiger partial charge in [0.2, 0.25) is 15.9 Å². The fourth-order valence-electron chi connectivity index (χ4n) is 7.15. The molecule has 1 aromatic heterocycles. The molecule has 0 aliphatic carbocycles. The number of hydrogen-bond acceptors (Lipinski definition) is 9. The van der Waals surface area contributed by atoms with Crippen molar-refractivity contribution < 1.29 is 27.8 Å². The molecule has 7 aromatic rings. The fourth-order valence-corrected chi connectivity index (χ4v) is 10.5. The predicted octanol–water partition coefficient (Wildman–Crippen LogP) is 9.31. The van der Waals surface area contributed by atoms with Crippen LogP contribution in [0.25, 0.3) is 21.3 Å². The van der Waals surface area contributed by atoms with Crippen molar-refractivity contribution in [3.63, 3.8) is 0 Å². The van der Waals surface area contributed by atoms with Crippen molar-refractivity contribution in [1.82, 2.24) is 15.0 Å². The second-order valence-electron chi connectivity index (χ2n) is 14.8. The molecule has 6 aromatic carbocycles. The number of carbonyl (C=O) groups is 1. The Morgan fingerprint density at radius 1 is 0.800 bits per heavy atom. The SMILES string of the molecule is Cc1ccc(S(=O)(=O)N[C@H](Cc2ccccc2)C(=O)NCc2cccc(-c3cccc([C@H]4O[C@@H](CSc5nc6ccccc6s5)C[C@@H](c5ccc(CO)cc5)O4)c3)c2)cc1. The zero-order chi connectivity index (χ0) is 41.5. The van der Waals surface area contributed by atoms with Gasteiger partial charge in [-0.05, 0) is 83.1 Å². The van der Waals surface area contributed by atoms with Crippen LogP contribution in [-0.4, -0.2) is 42.3 Å². The molecule has 12 heteroatoms. The van der Waals surface area contributed by atoms with Crippen LogP contribution in [-0.2, 0) is 43.9 Å². The summed E-state index contributed by atoms with van der Waals surface area (Å²) in [5.41, 5.74) is 8.26. The maximum Gasteiger partial charge on any atom is 0.241 e. The van der Waals surface area contributed by atoms with Gasteiger partial charge in [-0.1, -0.05) is 133 Å². The number of aromatic nitrogens is 1. The fraction of sp³-hybridized carbons (Fsp3) is 0.208. The van der Waals surface area contributed by atoms with Gasteiger partial charge in [0.25, 0.3) is 0 Å². The number of hydrogen-bond donors (Lipinski definition) is 3. The van der Waals surface area contributed by atoms with Crippen molar-refractivity contribution in [2.75, 3.05) is 5.75 Å². The number of aryl methyl sites for hydroxylation is 1. The highest BCUT2D eigenvalue weighted by Crippen LogP contribution is 2.41. The van der Waals surface area contributed by atoms with Gasteiger partial charge < -0.3 is 19.9 Å². The normalized spacial score (nSPS) is 17.3. The summed E-state index contributed by atoms with van der Waals surface area (Å²) in [5.74, 6) is 0.280. The number of benzene rings is 6. The quantitative estimate of drug-likeness (QED) is 0.0872. The van der Waals surface area contributed by atoms with E-state index in [-0.39, 0.29) is 36.7 Å². The average molecular weight is 856 g/mol. The number of para-hydroxylation sites is 1. The van der Waals surface area contributed by atoms with Gasteiger partial charge >= 0.3 is 0 Å². The molecule has 1 aliphatic heterocycles. The van der Waals surface area contributed by atoms with Crippen LogP contribution < -0.4 is 10.0 Å². The van der Waals surface area contributed by atoms with E-state index < -0.39 is 28.3 Å². The Labute approximate surface area is 358 Å². The lowest BCUT2D eigenvalue weighted by molar-refractivity contribution is -0.245. The molecular weight excluding hydrogens is 811 g/mol. The number of aliphatic hydroxyl groups excluding tert-OH is 1. The molecule has 8 rings (SSSR count). The minimum atomic E-state index is -3.97. The number of thioether (sulfide) groups is 1. The Balaban J connectivity index is 0.978. The Bertz CT molecular complexity index is 2620. The van der Waals surface area contributed by atoms with Crippen LogP contribution in [0.3, 0.4) is 0 Å². The van der Waals surface area contributed by atoms with E-state index in [0.717, 1.165) is 59.1 Å². The molecule has 3 N–H and O–H groups in total. The van der Waals surface area contributed by atoms with Gasteiger partial charge in [-0.3, -0.25) is 4.79 Å². The van der Waals surface area contributed by atoms with E-state index in [9.17, 15) is 18.3 Å². The molecule has 0 bridgehead atoms. The first-order valence-electron chi connectivity index (χ1n) is 19.8. The Kier molecular flexibility index (Phi) is 13.2. The minimum absolute atomic E-state index is 0.0236. The minimum Gasteiger partial charge on any atom is -0.392 e. The van der Waals surface area contributed by atoms with Gasteiger partial charge in [0.15, 0.2) is 10.6 Å². The van der Waals surface area contributed by atoms with Crippen molar-refractivity contribution in [2.45, 2.75) is 66.7 Å². The third kappa shape index (κ3) is 10.4. The topological polar surface area (TPSA) is 127 Å². The average Bonchev–Trinajstić information content (AvgIpc) is 3.71. The maximum absolute atomic E-state index is 13.7. The Morgan fingerprint density at radius 3 is 2.28 bits per heavy atom. The third-order valence-corrected chi connectivity index (χ3v) is 14.2. The van der Waals surface area contributed by atoms with Crippen LogP contribution in [0.5, 0.6) is 0 Å². The van der Waals surface area contributed by atoms with Gasteiger partial charge in [0.1, 0.15) is 6.04 Å². The van der Waals surface area contributed by atoms with E-state index in [1.807, 2.05) is 122 Å². The zero-order valence-corrected chi connectivity index (χ0v) is 35.4. The molecule has 4 atom stereocenters. The lowest BCUT2D eigenvalue weighted by Gasteiger charge is -2.36. The van der Waals surface area contributed by atoms with Crippen molar-refractivity contribution >= 4 is 49.2 Å². The van der Waals surface area contributed by atoms with E-state index in [1.165, 1.54) is 0 Å². The molecule has 1 saturated heterocycles. The van der Waals surface area contributed by atoms with Crippen molar-refractivity contribution in [3.8, 4) is 11.1 Å². The van der Waals surface area contributed by atoms with E-state index in [4.69, 9.17) is 14.5 Å². The number of ether oxygens (including phenoxy) is 2. The lowest BCUT2D eigenvalue weighted by Crippen LogP contribution is -2.47. The van der Waals surface area contributed by atoms with Gasteiger partial charge in [-0.15, -0.1) is 11.3 Å². The van der Waals surface area contributed by atoms with Crippen LogP contribution in [0.4, 0.5) is 0 Å². The largest absolute Gasteiger partial charge is 0.392 e. The van der Waals surface area contributed by atoms with Crippen LogP contribution in [0, 0.1) is 6.92 Å². The second-order valence-corrected chi connectivity index (χ2v) is 18.8. The molecule has 0 unspecified atom stereocenters. The molecule has 1 aliphatic rings. The first-order valence-corrected chi connectivity index (χ1v) is 23.1. The third-order valence-electron chi connectivity index (χ3n) is 10.4. The van der Waals surface area contributed by atoms with Gasteiger partial charge in [0.05, 0.1) is 33.9 Å². The summed E-state index contributed by atoms with van der Waals surface area (Å²) in [5, 5.41) is 12.6.